The Balaban J connectivity index is 1.59. The molecule has 5 aliphatic heterocycles. The lowest BCUT2D eigenvalue weighted by Crippen LogP contribution is -2.68. The zero-order valence-corrected chi connectivity index (χ0v) is 39.4. The van der Waals surface area contributed by atoms with Gasteiger partial charge in [0.1, 0.15) is 54.9 Å². The lowest BCUT2D eigenvalue weighted by Gasteiger charge is -2.50. The quantitative estimate of drug-likeness (QED) is 0.131. The fraction of sp³-hybridized carbons (Fsp3) is 0.933. The van der Waals surface area contributed by atoms with E-state index in [-0.39, 0.29) is 12.5 Å². The molecule has 0 radical (unpaired) electrons. The van der Waals surface area contributed by atoms with Gasteiger partial charge in [-0.25, -0.2) is 0 Å². The molecule has 0 spiro atoms. The first kappa shape index (κ1) is 54.7. The number of hydrogen-bond donors (Lipinski definition) is 7. The van der Waals surface area contributed by atoms with Crippen LogP contribution in [0.3, 0.4) is 0 Å². The number of ether oxygens (including phenoxy) is 11. The summed E-state index contributed by atoms with van der Waals surface area (Å²) in [6.07, 6.45) is -24.1. The molecule has 5 rings (SSSR count). The molecule has 5 fully saturated rings. The summed E-state index contributed by atoms with van der Waals surface area (Å²) in [6, 6.07) is 0. The van der Waals surface area contributed by atoms with Crippen LogP contribution in [-0.2, 0) is 66.5 Å². The smallest absolute Gasteiger partial charge is 0.311 e. The SMILES string of the molecule is CCC[C@H]1CCCCCCCCCC(=O)O[C@H]2[C@H](O[C@H]3[C@H](O)[C@@H](C)O[C@@H](O[C@H]4[C@H](O1)O[C@H](C)[C@@H](O)[C@@H]4O)[C@@H]3O[C@@H]1O[C@@H](C)[C@H](OC(C)=O)[C@@H](O)[C@H]1O)O[C@H](C)[C@@H](O)[C@@H]2OC(=O)[C@@H](C)[C@H](C)O. The maximum absolute atomic E-state index is 13.6. The third kappa shape index (κ3) is 13.8. The van der Waals surface area contributed by atoms with E-state index in [4.69, 9.17) is 52.1 Å². The molecule has 0 unspecified atom stereocenters. The lowest BCUT2D eigenvalue weighted by atomic mass is 9.95. The molecule has 5 saturated heterocycles. The minimum Gasteiger partial charge on any atom is -0.457 e. The van der Waals surface area contributed by atoms with Gasteiger partial charge in [0.15, 0.2) is 43.5 Å². The monoisotopic (exact) mass is 952 g/mol. The zero-order valence-electron chi connectivity index (χ0n) is 39.4. The van der Waals surface area contributed by atoms with E-state index in [1.54, 1.807) is 6.92 Å². The van der Waals surface area contributed by atoms with Gasteiger partial charge in [-0.2, -0.15) is 0 Å². The highest BCUT2D eigenvalue weighted by molar-refractivity contribution is 5.73. The van der Waals surface area contributed by atoms with Crippen LogP contribution in [0.5, 0.6) is 0 Å². The first-order valence-electron chi connectivity index (χ1n) is 23.8. The van der Waals surface area contributed by atoms with Gasteiger partial charge in [-0.1, -0.05) is 51.9 Å². The molecule has 382 valence electrons. The number of aliphatic hydroxyl groups is 7. The predicted octanol–water partition coefficient (Wildman–Crippen LogP) is 0.769. The first-order chi connectivity index (χ1) is 31.2. The standard InChI is InChI=1S/C45H76O21/c1-9-17-27-18-15-13-11-10-12-14-16-19-28(48)62-39-36(63-41(55)20(2)21(3)46)30(50)23(5)57-44(39)64-37-31(51)24(6)58-45(65-38-32(52)29(49)22(4)56-43(38)61-27)40(37)66-42-34(54)33(53)35(25(7)59-42)60-26(8)47/h20-25,27,29-40,42-46,49-54H,9-19H2,1-8H3/t20-,21-,22+,23+,24+,25-,27-,29+,30+,31+,32-,33-,34+,35-,36-,37-,38+,39+,40+,42-,43-,44-,45-/m0/s1. The molecule has 5 heterocycles. The van der Waals surface area contributed by atoms with Crippen LogP contribution in [0.15, 0.2) is 0 Å². The summed E-state index contributed by atoms with van der Waals surface area (Å²) in [7, 11) is 0. The Morgan fingerprint density at radius 3 is 1.82 bits per heavy atom. The molecular weight excluding hydrogens is 876 g/mol. The Labute approximate surface area is 386 Å². The van der Waals surface area contributed by atoms with E-state index in [2.05, 4.69) is 0 Å². The van der Waals surface area contributed by atoms with Crippen LogP contribution in [-0.4, -0.2) is 189 Å². The van der Waals surface area contributed by atoms with Crippen LogP contribution in [0.25, 0.3) is 0 Å². The number of rotatable bonds is 8. The van der Waals surface area contributed by atoms with Gasteiger partial charge in [0.2, 0.25) is 0 Å². The van der Waals surface area contributed by atoms with Gasteiger partial charge < -0.3 is 87.9 Å². The van der Waals surface area contributed by atoms with Crippen molar-refractivity contribution >= 4 is 17.9 Å². The second kappa shape index (κ2) is 25.1. The number of fused-ring (bicyclic) bond motifs is 4. The van der Waals surface area contributed by atoms with Crippen LogP contribution < -0.4 is 0 Å². The molecule has 0 aromatic heterocycles. The highest BCUT2D eigenvalue weighted by Gasteiger charge is 2.57. The molecule has 66 heavy (non-hydrogen) atoms. The van der Waals surface area contributed by atoms with Gasteiger partial charge in [-0.15, -0.1) is 0 Å². The van der Waals surface area contributed by atoms with E-state index in [9.17, 15) is 50.1 Å². The summed E-state index contributed by atoms with van der Waals surface area (Å²) in [5.41, 5.74) is 0. The van der Waals surface area contributed by atoms with Crippen LogP contribution in [0.1, 0.15) is 126 Å². The van der Waals surface area contributed by atoms with Crippen molar-refractivity contribution in [1.82, 2.24) is 0 Å². The molecular formula is C45H76O21. The average Bonchev–Trinajstić information content (AvgIpc) is 3.26. The van der Waals surface area contributed by atoms with Crippen LogP contribution in [0, 0.1) is 5.92 Å². The van der Waals surface area contributed by atoms with E-state index in [0.29, 0.717) is 25.7 Å². The highest BCUT2D eigenvalue weighted by Crippen LogP contribution is 2.38. The Kier molecular flexibility index (Phi) is 20.8. The molecule has 21 heteroatoms. The zero-order chi connectivity index (χ0) is 48.6. The van der Waals surface area contributed by atoms with Crippen molar-refractivity contribution in [2.45, 2.75) is 261 Å². The van der Waals surface area contributed by atoms with Crippen molar-refractivity contribution in [3.8, 4) is 0 Å². The van der Waals surface area contributed by atoms with Crippen molar-refractivity contribution in [2.24, 2.45) is 5.92 Å². The summed E-state index contributed by atoms with van der Waals surface area (Å²) in [6.45, 7) is 11.9. The molecule has 0 aromatic rings. The van der Waals surface area contributed by atoms with Crippen LogP contribution in [0.2, 0.25) is 0 Å². The van der Waals surface area contributed by atoms with E-state index in [1.165, 1.54) is 34.6 Å². The van der Waals surface area contributed by atoms with E-state index in [0.717, 1.165) is 45.4 Å². The number of carbonyl (C=O) groups excluding carboxylic acids is 3. The molecule has 0 saturated carbocycles. The maximum Gasteiger partial charge on any atom is 0.311 e. The highest BCUT2D eigenvalue weighted by atomic mass is 16.8. The minimum absolute atomic E-state index is 0.0442. The summed E-state index contributed by atoms with van der Waals surface area (Å²) in [5, 5.41) is 79.0. The lowest BCUT2D eigenvalue weighted by molar-refractivity contribution is -0.406. The summed E-state index contributed by atoms with van der Waals surface area (Å²) < 4.78 is 67.4. The first-order valence-corrected chi connectivity index (χ1v) is 23.8. The van der Waals surface area contributed by atoms with E-state index >= 15 is 0 Å². The molecule has 0 aliphatic carbocycles. The largest absolute Gasteiger partial charge is 0.457 e. The van der Waals surface area contributed by atoms with Gasteiger partial charge in [-0.05, 0) is 60.8 Å². The van der Waals surface area contributed by atoms with Gasteiger partial charge in [0.05, 0.1) is 42.5 Å². The topological polar surface area (TPSA) is 294 Å². The summed E-state index contributed by atoms with van der Waals surface area (Å²) in [4.78, 5) is 38.9. The molecule has 2 bridgehead atoms. The average molecular weight is 953 g/mol. The number of esters is 3. The molecule has 21 nitrogen and oxygen atoms in total. The van der Waals surface area contributed by atoms with Crippen molar-refractivity contribution in [2.75, 3.05) is 0 Å². The van der Waals surface area contributed by atoms with Crippen molar-refractivity contribution in [3.63, 3.8) is 0 Å². The molecule has 23 atom stereocenters. The number of aliphatic hydroxyl groups excluding tert-OH is 7. The minimum atomic E-state index is -1.90. The van der Waals surface area contributed by atoms with Crippen molar-refractivity contribution < 1.29 is 102 Å². The van der Waals surface area contributed by atoms with Gasteiger partial charge in [0.25, 0.3) is 0 Å². The van der Waals surface area contributed by atoms with Crippen molar-refractivity contribution in [1.29, 1.82) is 0 Å². The van der Waals surface area contributed by atoms with Gasteiger partial charge in [0, 0.05) is 13.3 Å². The maximum atomic E-state index is 13.6. The van der Waals surface area contributed by atoms with E-state index in [1.807, 2.05) is 6.92 Å². The Hall–Kier alpha value is -2.19. The van der Waals surface area contributed by atoms with Crippen LogP contribution >= 0.6 is 0 Å². The second-order valence-corrected chi connectivity index (χ2v) is 18.6. The number of carbonyl (C=O) groups is 3. The van der Waals surface area contributed by atoms with Gasteiger partial charge >= 0.3 is 17.9 Å². The Morgan fingerprint density at radius 2 is 1.18 bits per heavy atom. The fourth-order valence-corrected chi connectivity index (χ4v) is 8.91. The fourth-order valence-electron chi connectivity index (χ4n) is 8.91. The third-order valence-electron chi connectivity index (χ3n) is 13.2. The molecule has 0 aromatic carbocycles. The predicted molar refractivity (Wildman–Crippen MR) is 225 cm³/mol. The summed E-state index contributed by atoms with van der Waals surface area (Å²) >= 11 is 0. The molecule has 5 aliphatic rings. The molecule has 7 N–H and O–H groups in total. The normalized spacial score (nSPS) is 44.7. The van der Waals surface area contributed by atoms with E-state index < -0.39 is 153 Å². The Morgan fingerprint density at radius 1 is 0.606 bits per heavy atom. The summed E-state index contributed by atoms with van der Waals surface area (Å²) in [5.74, 6) is -3.46. The van der Waals surface area contributed by atoms with Gasteiger partial charge in [-0.3, -0.25) is 14.4 Å². The second-order valence-electron chi connectivity index (χ2n) is 18.6. The van der Waals surface area contributed by atoms with Crippen molar-refractivity contribution in [3.05, 3.63) is 0 Å². The molecule has 0 amide bonds. The Bertz CT molecular complexity index is 1520. The third-order valence-corrected chi connectivity index (χ3v) is 13.2. The van der Waals surface area contributed by atoms with Crippen LogP contribution in [0.4, 0.5) is 0 Å². The number of hydrogen-bond acceptors (Lipinski definition) is 21.